The Morgan fingerprint density at radius 2 is 2.11 bits per heavy atom. The van der Waals surface area contributed by atoms with Crippen LogP contribution >= 0.6 is 15.9 Å². The molecule has 0 atom stereocenters. The van der Waals surface area contributed by atoms with E-state index < -0.39 is 11.8 Å². The highest BCUT2D eigenvalue weighted by molar-refractivity contribution is 9.10. The van der Waals surface area contributed by atoms with Gasteiger partial charge in [0.15, 0.2) is 0 Å². The summed E-state index contributed by atoms with van der Waals surface area (Å²) >= 11 is 3.03. The molecule has 6 heteroatoms. The summed E-state index contributed by atoms with van der Waals surface area (Å²) in [7, 11) is 0. The molecule has 98 valence electrons. The molecule has 0 saturated carbocycles. The van der Waals surface area contributed by atoms with Crippen LogP contribution < -0.4 is 4.74 Å². The van der Waals surface area contributed by atoms with Crippen LogP contribution in [0.4, 0.5) is 4.39 Å². The molecule has 2 aromatic rings. The Bertz CT molecular complexity index is 646. The van der Waals surface area contributed by atoms with E-state index in [1.807, 2.05) is 0 Å². The van der Waals surface area contributed by atoms with Gasteiger partial charge in [-0.15, -0.1) is 0 Å². The maximum absolute atomic E-state index is 13.3. The van der Waals surface area contributed by atoms with Crippen LogP contribution in [0.25, 0.3) is 0 Å². The summed E-state index contributed by atoms with van der Waals surface area (Å²) in [5, 5.41) is 8.93. The van der Waals surface area contributed by atoms with Gasteiger partial charge in [-0.3, -0.25) is 0 Å². The number of hydrogen-bond acceptors (Lipinski definition) is 3. The molecular weight excluding hydrogens is 317 g/mol. The van der Waals surface area contributed by atoms with E-state index >= 15 is 0 Å². The first kappa shape index (κ1) is 13.5. The third kappa shape index (κ3) is 3.29. The summed E-state index contributed by atoms with van der Waals surface area (Å²) in [6.45, 7) is 1.65. The number of benzene rings is 1. The van der Waals surface area contributed by atoms with Gasteiger partial charge in [0.2, 0.25) is 5.88 Å². The van der Waals surface area contributed by atoms with E-state index in [1.54, 1.807) is 13.0 Å². The highest BCUT2D eigenvalue weighted by atomic mass is 79.9. The Labute approximate surface area is 117 Å². The highest BCUT2D eigenvalue weighted by Gasteiger charge is 2.09. The van der Waals surface area contributed by atoms with E-state index in [2.05, 4.69) is 20.9 Å². The van der Waals surface area contributed by atoms with Crippen molar-refractivity contribution in [2.24, 2.45) is 0 Å². The smallest absolute Gasteiger partial charge is 0.335 e. The molecule has 0 saturated heterocycles. The van der Waals surface area contributed by atoms with Crippen molar-refractivity contribution < 1.29 is 19.0 Å². The fourth-order valence-electron chi connectivity index (χ4n) is 1.47. The van der Waals surface area contributed by atoms with E-state index in [-0.39, 0.29) is 17.2 Å². The average molecular weight is 326 g/mol. The average Bonchev–Trinajstić information content (AvgIpc) is 2.33. The van der Waals surface area contributed by atoms with Crippen molar-refractivity contribution in [2.45, 2.75) is 6.92 Å². The lowest BCUT2D eigenvalue weighted by Gasteiger charge is -2.07. The number of halogens is 2. The van der Waals surface area contributed by atoms with Gasteiger partial charge in [0.25, 0.3) is 0 Å². The number of aromatic nitrogens is 1. The molecule has 1 aromatic heterocycles. The van der Waals surface area contributed by atoms with Crippen LogP contribution in [0.1, 0.15) is 16.1 Å². The van der Waals surface area contributed by atoms with Gasteiger partial charge in [-0.2, -0.15) is 0 Å². The van der Waals surface area contributed by atoms with Gasteiger partial charge in [-0.1, -0.05) is 0 Å². The molecular formula is C13H9BrFNO3. The number of pyridine rings is 1. The normalized spacial score (nSPS) is 10.3. The summed E-state index contributed by atoms with van der Waals surface area (Å²) in [5.41, 5.74) is 0.576. The van der Waals surface area contributed by atoms with Crippen LogP contribution in [0.15, 0.2) is 34.8 Å². The van der Waals surface area contributed by atoms with E-state index in [0.717, 1.165) is 0 Å². The number of carbonyl (C=O) groups is 1. The van der Waals surface area contributed by atoms with Crippen molar-refractivity contribution in [1.29, 1.82) is 0 Å². The zero-order chi connectivity index (χ0) is 14.0. The SMILES string of the molecule is Cc1cc(C(=O)O)cc(Oc2ccc(Br)c(F)c2)n1. The van der Waals surface area contributed by atoms with Crippen LogP contribution in [-0.2, 0) is 0 Å². The molecule has 1 heterocycles. The summed E-state index contributed by atoms with van der Waals surface area (Å²) in [6, 6.07) is 6.96. The number of rotatable bonds is 3. The molecule has 1 aromatic carbocycles. The first-order chi connectivity index (χ1) is 8.95. The van der Waals surface area contributed by atoms with Crippen molar-refractivity contribution in [3.05, 3.63) is 51.9 Å². The zero-order valence-electron chi connectivity index (χ0n) is 9.85. The lowest BCUT2D eigenvalue weighted by Crippen LogP contribution is -2.00. The minimum atomic E-state index is -1.07. The van der Waals surface area contributed by atoms with Gasteiger partial charge in [-0.25, -0.2) is 14.2 Å². The van der Waals surface area contributed by atoms with E-state index in [4.69, 9.17) is 9.84 Å². The van der Waals surface area contributed by atoms with Crippen molar-refractivity contribution >= 4 is 21.9 Å². The van der Waals surface area contributed by atoms with Crippen LogP contribution in [0.5, 0.6) is 11.6 Å². The molecule has 19 heavy (non-hydrogen) atoms. The molecule has 0 aliphatic carbocycles. The monoisotopic (exact) mass is 325 g/mol. The molecule has 1 N–H and O–H groups in total. The number of carboxylic acid groups (broad SMARTS) is 1. The standard InChI is InChI=1S/C13H9BrFNO3/c1-7-4-8(13(17)18)5-12(16-7)19-9-2-3-10(14)11(15)6-9/h2-6H,1H3,(H,17,18). The van der Waals surface area contributed by atoms with Gasteiger partial charge in [-0.05, 0) is 41.1 Å². The Balaban J connectivity index is 2.32. The fourth-order valence-corrected chi connectivity index (χ4v) is 1.72. The lowest BCUT2D eigenvalue weighted by atomic mass is 10.2. The first-order valence-corrected chi connectivity index (χ1v) is 6.10. The quantitative estimate of drug-likeness (QED) is 0.932. The van der Waals surface area contributed by atoms with Gasteiger partial charge in [0.1, 0.15) is 11.6 Å². The number of ether oxygens (including phenoxy) is 1. The molecule has 0 radical (unpaired) electrons. The minimum absolute atomic E-state index is 0.0695. The van der Waals surface area contributed by atoms with E-state index in [0.29, 0.717) is 10.2 Å². The van der Waals surface area contributed by atoms with Gasteiger partial charge >= 0.3 is 5.97 Å². The predicted octanol–water partition coefficient (Wildman–Crippen LogP) is 3.78. The molecule has 4 nitrogen and oxygen atoms in total. The van der Waals surface area contributed by atoms with Gasteiger partial charge in [0, 0.05) is 17.8 Å². The third-order valence-electron chi connectivity index (χ3n) is 2.29. The summed E-state index contributed by atoms with van der Waals surface area (Å²) in [6.07, 6.45) is 0. The van der Waals surface area contributed by atoms with Crippen LogP contribution in [0.3, 0.4) is 0 Å². The van der Waals surface area contributed by atoms with E-state index in [9.17, 15) is 9.18 Å². The molecule has 0 aliphatic rings. The fraction of sp³-hybridized carbons (Fsp3) is 0.0769. The van der Waals surface area contributed by atoms with Crippen molar-refractivity contribution in [2.75, 3.05) is 0 Å². The molecule has 0 bridgehead atoms. The first-order valence-electron chi connectivity index (χ1n) is 5.30. The van der Waals surface area contributed by atoms with Crippen molar-refractivity contribution in [3.8, 4) is 11.6 Å². The summed E-state index contributed by atoms with van der Waals surface area (Å²) in [5.74, 6) is -1.18. The molecule has 0 spiro atoms. The molecule has 0 fully saturated rings. The molecule has 2 rings (SSSR count). The Kier molecular flexibility index (Phi) is 3.80. The Morgan fingerprint density at radius 3 is 2.74 bits per heavy atom. The number of hydrogen-bond donors (Lipinski definition) is 1. The van der Waals surface area contributed by atoms with Crippen molar-refractivity contribution in [1.82, 2.24) is 4.98 Å². The zero-order valence-corrected chi connectivity index (χ0v) is 11.4. The molecule has 0 unspecified atom stereocenters. The van der Waals surface area contributed by atoms with E-state index in [1.165, 1.54) is 24.3 Å². The number of nitrogens with zero attached hydrogens (tertiary/aromatic N) is 1. The molecule has 0 aliphatic heterocycles. The topological polar surface area (TPSA) is 59.4 Å². The lowest BCUT2D eigenvalue weighted by molar-refractivity contribution is 0.0696. The summed E-state index contributed by atoms with van der Waals surface area (Å²) < 4.78 is 19.0. The van der Waals surface area contributed by atoms with Gasteiger partial charge < -0.3 is 9.84 Å². The highest BCUT2D eigenvalue weighted by Crippen LogP contribution is 2.25. The Morgan fingerprint density at radius 1 is 1.37 bits per heavy atom. The van der Waals surface area contributed by atoms with Crippen molar-refractivity contribution in [3.63, 3.8) is 0 Å². The largest absolute Gasteiger partial charge is 0.478 e. The van der Waals surface area contributed by atoms with Crippen LogP contribution in [0.2, 0.25) is 0 Å². The van der Waals surface area contributed by atoms with Crippen LogP contribution in [0, 0.1) is 12.7 Å². The Hall–Kier alpha value is -1.95. The minimum Gasteiger partial charge on any atom is -0.478 e. The second-order valence-electron chi connectivity index (χ2n) is 3.82. The molecule has 0 amide bonds. The predicted molar refractivity (Wildman–Crippen MR) is 70.1 cm³/mol. The number of aromatic carboxylic acids is 1. The van der Waals surface area contributed by atoms with Crippen LogP contribution in [-0.4, -0.2) is 16.1 Å². The maximum Gasteiger partial charge on any atom is 0.335 e. The second-order valence-corrected chi connectivity index (χ2v) is 4.67. The summed E-state index contributed by atoms with van der Waals surface area (Å²) in [4.78, 5) is 15.0. The number of aryl methyl sites for hydroxylation is 1. The number of carboxylic acids is 1. The van der Waals surface area contributed by atoms with Gasteiger partial charge in [0.05, 0.1) is 10.0 Å². The maximum atomic E-state index is 13.3. The second kappa shape index (κ2) is 5.36. The third-order valence-corrected chi connectivity index (χ3v) is 2.93.